The van der Waals surface area contributed by atoms with Crippen molar-refractivity contribution in [2.24, 2.45) is 0 Å². The van der Waals surface area contributed by atoms with Crippen molar-refractivity contribution < 1.29 is 9.59 Å². The fourth-order valence-corrected chi connectivity index (χ4v) is 3.14. The Labute approximate surface area is 165 Å². The first-order valence-corrected chi connectivity index (χ1v) is 9.60. The largest absolute Gasteiger partial charge is 0.378 e. The maximum atomic E-state index is 12.4. The van der Waals surface area contributed by atoms with Crippen LogP contribution in [0.15, 0.2) is 42.5 Å². The van der Waals surface area contributed by atoms with Crippen LogP contribution in [0.5, 0.6) is 0 Å². The molecule has 0 saturated carbocycles. The first-order chi connectivity index (χ1) is 13.5. The number of carbonyl (C=O) groups is 2. The van der Waals surface area contributed by atoms with Gasteiger partial charge in [-0.15, -0.1) is 0 Å². The number of anilines is 3. The average Bonchev–Trinajstić information content (AvgIpc) is 3.10. The Morgan fingerprint density at radius 2 is 2.04 bits per heavy atom. The van der Waals surface area contributed by atoms with Gasteiger partial charge in [-0.2, -0.15) is 0 Å². The molecule has 28 heavy (non-hydrogen) atoms. The molecule has 1 fully saturated rings. The molecular formula is C21H27N5O2. The van der Waals surface area contributed by atoms with Crippen LogP contribution in [0.1, 0.15) is 29.8 Å². The Balaban J connectivity index is 1.53. The quantitative estimate of drug-likeness (QED) is 0.688. The molecule has 2 amide bonds. The van der Waals surface area contributed by atoms with Gasteiger partial charge in [-0.05, 0) is 43.2 Å². The zero-order valence-corrected chi connectivity index (χ0v) is 16.4. The predicted molar refractivity (Wildman–Crippen MR) is 111 cm³/mol. The highest BCUT2D eigenvalue weighted by molar-refractivity contribution is 5.92. The van der Waals surface area contributed by atoms with Crippen molar-refractivity contribution in [3.8, 4) is 0 Å². The highest BCUT2D eigenvalue weighted by Gasteiger charge is 2.19. The van der Waals surface area contributed by atoms with E-state index in [1.807, 2.05) is 60.3 Å². The minimum Gasteiger partial charge on any atom is -0.378 e. The van der Waals surface area contributed by atoms with Gasteiger partial charge in [-0.25, -0.2) is 4.98 Å². The molecule has 0 bridgehead atoms. The molecule has 0 radical (unpaired) electrons. The number of hydrogen-bond donors (Lipinski definition) is 2. The third kappa shape index (κ3) is 5.22. The molecule has 0 aliphatic carbocycles. The normalized spacial score (nSPS) is 13.5. The van der Waals surface area contributed by atoms with E-state index in [-0.39, 0.29) is 11.8 Å². The van der Waals surface area contributed by atoms with Crippen LogP contribution in [-0.4, -0.2) is 55.4 Å². The summed E-state index contributed by atoms with van der Waals surface area (Å²) in [4.78, 5) is 32.2. The minimum atomic E-state index is -0.210. The highest BCUT2D eigenvalue weighted by Crippen LogP contribution is 2.20. The van der Waals surface area contributed by atoms with Gasteiger partial charge in [-0.1, -0.05) is 12.1 Å². The van der Waals surface area contributed by atoms with Crippen molar-refractivity contribution in [1.29, 1.82) is 0 Å². The number of hydrogen-bond acceptors (Lipinski definition) is 5. The number of likely N-dealkylation sites (tertiary alicyclic amines) is 1. The van der Waals surface area contributed by atoms with E-state index in [1.165, 1.54) is 0 Å². The summed E-state index contributed by atoms with van der Waals surface area (Å²) in [5.41, 5.74) is 2.35. The van der Waals surface area contributed by atoms with Gasteiger partial charge in [0.1, 0.15) is 11.5 Å². The fraction of sp³-hybridized carbons (Fsp3) is 0.381. The summed E-state index contributed by atoms with van der Waals surface area (Å²) in [6.45, 7) is 2.04. The molecule has 148 valence electrons. The SMILES string of the molecule is CN(C)c1cccc(Nc2cccc(C(=O)NCCCN3CCCC3=O)n2)c1. The predicted octanol–water partition coefficient (Wildman–Crippen LogP) is 2.63. The zero-order valence-electron chi connectivity index (χ0n) is 16.4. The second kappa shape index (κ2) is 9.21. The van der Waals surface area contributed by atoms with Crippen molar-refractivity contribution in [2.75, 3.05) is 43.9 Å². The van der Waals surface area contributed by atoms with E-state index in [0.29, 0.717) is 31.0 Å². The Morgan fingerprint density at radius 3 is 2.79 bits per heavy atom. The highest BCUT2D eigenvalue weighted by atomic mass is 16.2. The summed E-state index contributed by atoms with van der Waals surface area (Å²) in [6.07, 6.45) is 2.33. The van der Waals surface area contributed by atoms with Crippen molar-refractivity contribution in [2.45, 2.75) is 19.3 Å². The van der Waals surface area contributed by atoms with Gasteiger partial charge in [0, 0.05) is 51.5 Å². The van der Waals surface area contributed by atoms with Gasteiger partial charge in [0.2, 0.25) is 5.91 Å². The van der Waals surface area contributed by atoms with Crippen molar-refractivity contribution >= 4 is 29.0 Å². The standard InChI is InChI=1S/C21H27N5O2/c1-25(2)17-8-3-7-16(15-17)23-19-10-4-9-18(24-19)21(28)22-12-6-14-26-13-5-11-20(26)27/h3-4,7-10,15H,5-6,11-14H2,1-2H3,(H,22,28)(H,23,24). The molecule has 2 aromatic rings. The van der Waals surface area contributed by atoms with Crippen LogP contribution >= 0.6 is 0 Å². The Morgan fingerprint density at radius 1 is 1.21 bits per heavy atom. The number of pyridine rings is 1. The molecule has 1 aromatic heterocycles. The monoisotopic (exact) mass is 381 g/mol. The number of rotatable bonds is 8. The number of benzene rings is 1. The van der Waals surface area contributed by atoms with Gasteiger partial charge in [0.15, 0.2) is 0 Å². The molecule has 1 saturated heterocycles. The first-order valence-electron chi connectivity index (χ1n) is 9.60. The second-order valence-corrected chi connectivity index (χ2v) is 7.07. The number of aromatic nitrogens is 1. The smallest absolute Gasteiger partial charge is 0.269 e. The van der Waals surface area contributed by atoms with Gasteiger partial charge in [-0.3, -0.25) is 9.59 Å². The maximum Gasteiger partial charge on any atom is 0.269 e. The summed E-state index contributed by atoms with van der Waals surface area (Å²) >= 11 is 0. The summed E-state index contributed by atoms with van der Waals surface area (Å²) in [5, 5.41) is 6.12. The van der Waals surface area contributed by atoms with E-state index in [4.69, 9.17) is 0 Å². The van der Waals surface area contributed by atoms with Crippen LogP contribution < -0.4 is 15.5 Å². The Bertz CT molecular complexity index is 837. The van der Waals surface area contributed by atoms with Crippen molar-refractivity contribution in [3.63, 3.8) is 0 Å². The summed E-state index contributed by atoms with van der Waals surface area (Å²) in [7, 11) is 3.98. The molecule has 0 atom stereocenters. The van der Waals surface area contributed by atoms with E-state index in [1.54, 1.807) is 6.07 Å². The lowest BCUT2D eigenvalue weighted by Crippen LogP contribution is -2.31. The summed E-state index contributed by atoms with van der Waals surface area (Å²) in [6, 6.07) is 13.3. The Hall–Kier alpha value is -3.09. The van der Waals surface area contributed by atoms with Gasteiger partial charge >= 0.3 is 0 Å². The molecule has 1 aliphatic heterocycles. The van der Waals surface area contributed by atoms with Gasteiger partial charge < -0.3 is 20.4 Å². The van der Waals surface area contributed by atoms with Crippen molar-refractivity contribution in [3.05, 3.63) is 48.2 Å². The van der Waals surface area contributed by atoms with E-state index in [0.717, 1.165) is 30.8 Å². The van der Waals surface area contributed by atoms with E-state index in [9.17, 15) is 9.59 Å². The van der Waals surface area contributed by atoms with Crippen molar-refractivity contribution in [1.82, 2.24) is 15.2 Å². The maximum absolute atomic E-state index is 12.4. The second-order valence-electron chi connectivity index (χ2n) is 7.07. The van der Waals surface area contributed by atoms with Crippen LogP contribution in [0.4, 0.5) is 17.2 Å². The number of carbonyl (C=O) groups excluding carboxylic acids is 2. The first kappa shape index (κ1) is 19.7. The Kier molecular flexibility index (Phi) is 6.47. The van der Waals surface area contributed by atoms with Crippen LogP contribution in [0.25, 0.3) is 0 Å². The topological polar surface area (TPSA) is 77.6 Å². The van der Waals surface area contributed by atoms with Gasteiger partial charge in [0.05, 0.1) is 0 Å². The molecule has 2 heterocycles. The number of nitrogens with one attached hydrogen (secondary N) is 2. The summed E-state index contributed by atoms with van der Waals surface area (Å²) < 4.78 is 0. The molecular weight excluding hydrogens is 354 g/mol. The molecule has 1 aromatic carbocycles. The molecule has 0 unspecified atom stereocenters. The average molecular weight is 381 g/mol. The summed E-state index contributed by atoms with van der Waals surface area (Å²) in [5.74, 6) is 0.620. The minimum absolute atomic E-state index is 0.210. The van der Waals surface area contributed by atoms with Crippen LogP contribution in [0.2, 0.25) is 0 Å². The molecule has 0 spiro atoms. The number of amides is 2. The third-order valence-electron chi connectivity index (χ3n) is 4.68. The lowest BCUT2D eigenvalue weighted by molar-refractivity contribution is -0.127. The fourth-order valence-electron chi connectivity index (χ4n) is 3.14. The lowest BCUT2D eigenvalue weighted by Gasteiger charge is -2.15. The van der Waals surface area contributed by atoms with Gasteiger partial charge in [0.25, 0.3) is 5.91 Å². The number of nitrogens with zero attached hydrogens (tertiary/aromatic N) is 3. The zero-order chi connectivity index (χ0) is 19.9. The molecule has 7 heteroatoms. The van der Waals surface area contributed by atoms with E-state index >= 15 is 0 Å². The van der Waals surface area contributed by atoms with E-state index in [2.05, 4.69) is 15.6 Å². The molecule has 3 rings (SSSR count). The van der Waals surface area contributed by atoms with Crippen LogP contribution in [-0.2, 0) is 4.79 Å². The van der Waals surface area contributed by atoms with E-state index < -0.39 is 0 Å². The molecule has 1 aliphatic rings. The van der Waals surface area contributed by atoms with Crippen LogP contribution in [0.3, 0.4) is 0 Å². The lowest BCUT2D eigenvalue weighted by atomic mass is 10.2. The molecule has 7 nitrogen and oxygen atoms in total. The molecule has 2 N–H and O–H groups in total. The third-order valence-corrected chi connectivity index (χ3v) is 4.68. The van der Waals surface area contributed by atoms with Crippen LogP contribution in [0, 0.1) is 0 Å².